The molecule has 0 saturated carbocycles. The topological polar surface area (TPSA) is 99.1 Å². The number of allylic oxidation sites excluding steroid dienone is 6. The molecule has 8 heteroatoms. The molecule has 0 spiro atoms. The van der Waals surface area contributed by atoms with Crippen LogP contribution < -0.4 is 0 Å². The first-order chi connectivity index (χ1) is 29.1. The van der Waals surface area contributed by atoms with Crippen molar-refractivity contribution in [3.8, 4) is 0 Å². The quantitative estimate of drug-likeness (QED) is 0.0282. The molecule has 2 atom stereocenters. The summed E-state index contributed by atoms with van der Waals surface area (Å²) in [6.07, 6.45) is 50.4. The summed E-state index contributed by atoms with van der Waals surface area (Å²) in [6, 6.07) is -0.616. The second-order valence-electron chi connectivity index (χ2n) is 18.1. The molecule has 1 N–H and O–H groups in total. The normalized spacial score (nSPS) is 13.2. The Morgan fingerprint density at radius 2 is 0.883 bits per heavy atom. The number of esters is 2. The molecule has 0 radical (unpaired) electrons. The van der Waals surface area contributed by atoms with Gasteiger partial charge in [0.1, 0.15) is 6.61 Å². The van der Waals surface area contributed by atoms with Crippen LogP contribution >= 0.6 is 0 Å². The molecule has 0 aliphatic heterocycles. The fraction of sp³-hybridized carbons (Fsp3) is 0.827. The lowest BCUT2D eigenvalue weighted by Crippen LogP contribution is -2.50. The summed E-state index contributed by atoms with van der Waals surface area (Å²) >= 11 is 0. The number of unbranched alkanes of at least 4 members (excludes halogenated alkanes) is 25. The first kappa shape index (κ1) is 57.5. The van der Waals surface area contributed by atoms with Gasteiger partial charge in [-0.2, -0.15) is 0 Å². The highest BCUT2D eigenvalue weighted by Gasteiger charge is 2.31. The summed E-state index contributed by atoms with van der Waals surface area (Å²) in [5, 5.41) is 9.64. The summed E-state index contributed by atoms with van der Waals surface area (Å²) in [5.41, 5.74) is 0. The van der Waals surface area contributed by atoms with Gasteiger partial charge in [0.15, 0.2) is 12.1 Å². The molecule has 0 fully saturated rings. The van der Waals surface area contributed by atoms with Gasteiger partial charge < -0.3 is 23.8 Å². The number of carbonyl (C=O) groups is 3. The average Bonchev–Trinajstić information content (AvgIpc) is 3.21. The number of carboxylic acids is 1. The van der Waals surface area contributed by atoms with Crippen LogP contribution in [0.25, 0.3) is 0 Å². The Kier molecular flexibility index (Phi) is 41.4. The fourth-order valence-electron chi connectivity index (χ4n) is 7.39. The lowest BCUT2D eigenvalue weighted by Gasteiger charge is -2.31. The van der Waals surface area contributed by atoms with E-state index in [0.29, 0.717) is 19.3 Å². The van der Waals surface area contributed by atoms with Gasteiger partial charge in [0.05, 0.1) is 34.4 Å². The van der Waals surface area contributed by atoms with Crippen LogP contribution in [0.2, 0.25) is 0 Å². The largest absolute Gasteiger partial charge is 0.477 e. The minimum absolute atomic E-state index is 0.0531. The Bertz CT molecular complexity index is 1080. The maximum Gasteiger partial charge on any atom is 0.362 e. The van der Waals surface area contributed by atoms with Crippen LogP contribution in [0, 0.1) is 0 Å². The highest BCUT2D eigenvalue weighted by Crippen LogP contribution is 2.16. The van der Waals surface area contributed by atoms with E-state index in [1.165, 1.54) is 128 Å². The molecular weight excluding hydrogens is 751 g/mol. The summed E-state index contributed by atoms with van der Waals surface area (Å²) < 4.78 is 17.3. The van der Waals surface area contributed by atoms with Gasteiger partial charge in [0.25, 0.3) is 0 Å². The van der Waals surface area contributed by atoms with Gasteiger partial charge in [-0.15, -0.1) is 0 Å². The zero-order chi connectivity index (χ0) is 44.2. The Balaban J connectivity index is 4.28. The van der Waals surface area contributed by atoms with E-state index in [2.05, 4.69) is 50.3 Å². The molecule has 0 saturated heterocycles. The number of rotatable bonds is 45. The van der Waals surface area contributed by atoms with Crippen molar-refractivity contribution < 1.29 is 38.2 Å². The minimum Gasteiger partial charge on any atom is -0.477 e. The monoisotopic (exact) mass is 847 g/mol. The van der Waals surface area contributed by atoms with Gasteiger partial charge >= 0.3 is 17.9 Å². The van der Waals surface area contributed by atoms with Gasteiger partial charge in [0.2, 0.25) is 0 Å². The Hall–Kier alpha value is -2.45. The van der Waals surface area contributed by atoms with Crippen molar-refractivity contribution in [3.63, 3.8) is 0 Å². The second-order valence-corrected chi connectivity index (χ2v) is 18.1. The number of likely N-dealkylation sites (N-methyl/N-ethyl adjacent to an activating group) is 1. The van der Waals surface area contributed by atoms with E-state index in [0.717, 1.165) is 64.2 Å². The van der Waals surface area contributed by atoms with Crippen LogP contribution in [0.3, 0.4) is 0 Å². The van der Waals surface area contributed by atoms with E-state index >= 15 is 0 Å². The van der Waals surface area contributed by atoms with Gasteiger partial charge in [-0.1, -0.05) is 192 Å². The summed E-state index contributed by atoms with van der Waals surface area (Å²) in [4.78, 5) is 37.1. The molecule has 0 aromatic heterocycles. The highest BCUT2D eigenvalue weighted by atomic mass is 16.6. The second kappa shape index (κ2) is 43.2. The molecule has 350 valence electrons. The third kappa shape index (κ3) is 40.9. The Morgan fingerprint density at radius 1 is 0.500 bits per heavy atom. The maximum atomic E-state index is 12.8. The minimum atomic E-state index is -0.875. The van der Waals surface area contributed by atoms with Crippen molar-refractivity contribution in [1.29, 1.82) is 0 Å². The van der Waals surface area contributed by atoms with Crippen molar-refractivity contribution in [2.75, 3.05) is 41.0 Å². The van der Waals surface area contributed by atoms with Crippen LogP contribution in [-0.4, -0.2) is 80.6 Å². The van der Waals surface area contributed by atoms with E-state index < -0.39 is 18.1 Å². The number of nitrogens with zero attached hydrogens (tertiary/aromatic N) is 1. The highest BCUT2D eigenvalue weighted by molar-refractivity contribution is 5.72. The number of hydrogen-bond donors (Lipinski definition) is 1. The van der Waals surface area contributed by atoms with Crippen molar-refractivity contribution in [2.24, 2.45) is 0 Å². The van der Waals surface area contributed by atoms with E-state index in [-0.39, 0.29) is 36.2 Å². The molecule has 2 unspecified atom stereocenters. The lowest BCUT2D eigenvalue weighted by molar-refractivity contribution is -0.887. The van der Waals surface area contributed by atoms with E-state index in [1.54, 1.807) is 0 Å². The summed E-state index contributed by atoms with van der Waals surface area (Å²) in [7, 11) is 5.53. The molecule has 0 aromatic rings. The zero-order valence-electron chi connectivity index (χ0n) is 39.9. The van der Waals surface area contributed by atoms with Crippen LogP contribution in [0.15, 0.2) is 36.5 Å². The van der Waals surface area contributed by atoms with Crippen LogP contribution in [-0.2, 0) is 28.6 Å². The van der Waals surface area contributed by atoms with Crippen molar-refractivity contribution >= 4 is 17.9 Å². The first-order valence-corrected chi connectivity index (χ1v) is 25.0. The molecule has 8 nitrogen and oxygen atoms in total. The molecule has 0 heterocycles. The molecular formula is C52H96NO7+. The molecule has 0 aliphatic carbocycles. The van der Waals surface area contributed by atoms with Crippen molar-refractivity contribution in [1.82, 2.24) is 0 Å². The molecule has 0 bridgehead atoms. The van der Waals surface area contributed by atoms with Crippen molar-refractivity contribution in [3.05, 3.63) is 36.5 Å². The predicted octanol–water partition coefficient (Wildman–Crippen LogP) is 14.2. The predicted molar refractivity (Wildman–Crippen MR) is 252 cm³/mol. The maximum absolute atomic E-state index is 12.8. The van der Waals surface area contributed by atoms with Crippen LogP contribution in [0.5, 0.6) is 0 Å². The number of ether oxygens (including phenoxy) is 3. The van der Waals surface area contributed by atoms with Gasteiger partial charge in [-0.05, 0) is 51.4 Å². The van der Waals surface area contributed by atoms with E-state index in [9.17, 15) is 19.5 Å². The third-order valence-corrected chi connectivity index (χ3v) is 11.3. The van der Waals surface area contributed by atoms with E-state index in [1.807, 2.05) is 21.1 Å². The van der Waals surface area contributed by atoms with Gasteiger partial charge in [0, 0.05) is 19.3 Å². The van der Waals surface area contributed by atoms with Crippen molar-refractivity contribution in [2.45, 2.75) is 238 Å². The smallest absolute Gasteiger partial charge is 0.362 e. The summed E-state index contributed by atoms with van der Waals surface area (Å²) in [5.74, 6) is -1.47. The number of carbonyl (C=O) groups excluding carboxylic acids is 2. The Morgan fingerprint density at radius 3 is 1.33 bits per heavy atom. The number of aliphatic carboxylic acids is 1. The molecule has 0 aromatic carbocycles. The van der Waals surface area contributed by atoms with Gasteiger partial charge in [-0.3, -0.25) is 9.59 Å². The van der Waals surface area contributed by atoms with Gasteiger partial charge in [-0.25, -0.2) is 4.79 Å². The molecule has 60 heavy (non-hydrogen) atoms. The first-order valence-electron chi connectivity index (χ1n) is 25.0. The Labute approximate surface area is 370 Å². The molecule has 0 amide bonds. The SMILES string of the molecule is CCCCC/C=C\C/C=C\C/C=C\CCCCCCCCC(=O)OC(COCCC(C(=O)O)[N+](C)(C)C)COC(=O)CCCCCCCCCCCCCCCCCCC. The standard InChI is InChI=1S/C52H95NO7/c1-6-8-10-12-14-16-18-20-22-24-25-27-29-31-33-35-37-39-41-43-51(55)60-48(46-58-45-44-49(52(56)57)53(3,4)5)47-59-50(54)42-40-38-36-34-32-30-28-26-23-21-19-17-15-13-11-9-7-2/h14,16,20,22,25,27,48-49H,6-13,15,17-19,21,23-24,26,28-47H2,1-5H3/p+1/b16-14-,22-20-,27-25-. The fourth-order valence-corrected chi connectivity index (χ4v) is 7.39. The number of quaternary nitrogens is 1. The molecule has 0 rings (SSSR count). The zero-order valence-corrected chi connectivity index (χ0v) is 39.9. The lowest BCUT2D eigenvalue weighted by atomic mass is 10.0. The number of hydrogen-bond acceptors (Lipinski definition) is 6. The number of carboxylic acid groups (broad SMARTS) is 1. The van der Waals surface area contributed by atoms with Crippen LogP contribution in [0.1, 0.15) is 226 Å². The average molecular weight is 847 g/mol. The summed E-state index contributed by atoms with van der Waals surface area (Å²) in [6.45, 7) is 4.72. The molecule has 0 aliphatic rings. The van der Waals surface area contributed by atoms with E-state index in [4.69, 9.17) is 14.2 Å². The third-order valence-electron chi connectivity index (χ3n) is 11.3. The van der Waals surface area contributed by atoms with Crippen LogP contribution in [0.4, 0.5) is 0 Å².